The molecule has 0 amide bonds. The van der Waals surface area contributed by atoms with Crippen LogP contribution in [0.2, 0.25) is 0 Å². The van der Waals surface area contributed by atoms with Gasteiger partial charge in [-0.05, 0) is 31.5 Å². The molecule has 1 aromatic carbocycles. The number of carbonyl (C=O) groups is 1. The topological polar surface area (TPSA) is 20.3 Å². The van der Waals surface area contributed by atoms with E-state index in [1.165, 1.54) is 12.1 Å². The zero-order chi connectivity index (χ0) is 10.8. The lowest BCUT2D eigenvalue weighted by Gasteiger charge is -2.18. The summed E-state index contributed by atoms with van der Waals surface area (Å²) in [5.41, 5.74) is 0.874. The zero-order valence-electron chi connectivity index (χ0n) is 8.74. The molecule has 0 aliphatic carbocycles. The van der Waals surface area contributed by atoms with Gasteiger partial charge in [0.05, 0.1) is 0 Å². The first-order valence-corrected chi connectivity index (χ1v) is 5.18. The number of benzene rings is 1. The first kappa shape index (κ1) is 10.1. The molecule has 0 bridgehead atoms. The fourth-order valence-electron chi connectivity index (χ4n) is 2.00. The molecule has 1 unspecified atom stereocenters. The van der Waals surface area contributed by atoms with Gasteiger partial charge in [-0.15, -0.1) is 0 Å². The average Bonchev–Trinajstić information content (AvgIpc) is 2.66. The molecule has 2 nitrogen and oxygen atoms in total. The molecule has 0 N–H and O–H groups in total. The van der Waals surface area contributed by atoms with Crippen molar-refractivity contribution < 1.29 is 9.18 Å². The normalized spacial score (nSPS) is 20.7. The highest BCUT2D eigenvalue weighted by Crippen LogP contribution is 2.24. The number of anilines is 1. The summed E-state index contributed by atoms with van der Waals surface area (Å²) in [5.74, 6) is 0.126. The average molecular weight is 207 g/mol. The maximum absolute atomic E-state index is 13.0. The maximum atomic E-state index is 13.0. The summed E-state index contributed by atoms with van der Waals surface area (Å²) >= 11 is 0. The lowest BCUT2D eigenvalue weighted by atomic mass is 10.1. The number of ketones is 1. The summed E-state index contributed by atoms with van der Waals surface area (Å²) in [6, 6.07) is 6.53. The molecular weight excluding hydrogens is 193 g/mol. The third-order valence-electron chi connectivity index (χ3n) is 2.94. The number of halogens is 1. The van der Waals surface area contributed by atoms with E-state index in [-0.39, 0.29) is 17.5 Å². The van der Waals surface area contributed by atoms with E-state index >= 15 is 0 Å². The van der Waals surface area contributed by atoms with Crippen LogP contribution in [0, 0.1) is 11.7 Å². The monoisotopic (exact) mass is 207 g/mol. The number of nitrogens with zero attached hydrogens (tertiary/aromatic N) is 1. The minimum absolute atomic E-state index is 0.119. The Labute approximate surface area is 88.7 Å². The standard InChI is InChI=1S/C12H14FNO/c1-9(15)10-5-6-14(8-10)12-4-2-3-11(13)7-12/h2-4,7,10H,5-6,8H2,1H3. The van der Waals surface area contributed by atoms with Gasteiger partial charge in [-0.1, -0.05) is 6.07 Å². The van der Waals surface area contributed by atoms with E-state index in [9.17, 15) is 9.18 Å². The van der Waals surface area contributed by atoms with Crippen molar-refractivity contribution >= 4 is 11.5 Å². The molecule has 0 saturated carbocycles. The lowest BCUT2D eigenvalue weighted by Crippen LogP contribution is -2.21. The summed E-state index contributed by atoms with van der Waals surface area (Å²) < 4.78 is 13.0. The summed E-state index contributed by atoms with van der Waals surface area (Å²) in [7, 11) is 0. The van der Waals surface area contributed by atoms with Gasteiger partial charge in [0.15, 0.2) is 0 Å². The zero-order valence-corrected chi connectivity index (χ0v) is 8.74. The minimum Gasteiger partial charge on any atom is -0.371 e. The minimum atomic E-state index is -0.223. The summed E-state index contributed by atoms with van der Waals surface area (Å²) in [5, 5.41) is 0. The molecule has 1 aromatic rings. The van der Waals surface area contributed by atoms with Crippen molar-refractivity contribution in [1.82, 2.24) is 0 Å². The highest BCUT2D eigenvalue weighted by Gasteiger charge is 2.25. The van der Waals surface area contributed by atoms with E-state index < -0.39 is 0 Å². The Morgan fingerprint density at radius 2 is 2.33 bits per heavy atom. The fourth-order valence-corrected chi connectivity index (χ4v) is 2.00. The molecule has 1 fully saturated rings. The fraction of sp³-hybridized carbons (Fsp3) is 0.417. The highest BCUT2D eigenvalue weighted by atomic mass is 19.1. The Bertz CT molecular complexity index is 378. The van der Waals surface area contributed by atoms with Gasteiger partial charge < -0.3 is 4.90 Å². The van der Waals surface area contributed by atoms with Crippen LogP contribution in [0.3, 0.4) is 0 Å². The Morgan fingerprint density at radius 1 is 1.53 bits per heavy atom. The third-order valence-corrected chi connectivity index (χ3v) is 2.94. The molecule has 1 aliphatic heterocycles. The predicted molar refractivity (Wildman–Crippen MR) is 57.4 cm³/mol. The quantitative estimate of drug-likeness (QED) is 0.741. The molecule has 2 rings (SSSR count). The SMILES string of the molecule is CC(=O)C1CCN(c2cccc(F)c2)C1. The Balaban J connectivity index is 2.11. The van der Waals surface area contributed by atoms with Crippen molar-refractivity contribution in [1.29, 1.82) is 0 Å². The van der Waals surface area contributed by atoms with Crippen LogP contribution in [-0.2, 0) is 4.79 Å². The molecule has 3 heteroatoms. The smallest absolute Gasteiger partial charge is 0.134 e. The molecule has 80 valence electrons. The molecule has 1 atom stereocenters. The van der Waals surface area contributed by atoms with E-state index in [1.54, 1.807) is 13.0 Å². The van der Waals surface area contributed by atoms with E-state index in [1.807, 2.05) is 6.07 Å². The van der Waals surface area contributed by atoms with E-state index in [2.05, 4.69) is 4.90 Å². The third kappa shape index (κ3) is 2.17. The van der Waals surface area contributed by atoms with Crippen molar-refractivity contribution in [3.8, 4) is 0 Å². The van der Waals surface area contributed by atoms with Crippen molar-refractivity contribution in [2.75, 3.05) is 18.0 Å². The first-order chi connectivity index (χ1) is 7.16. The number of carbonyl (C=O) groups excluding carboxylic acids is 1. The van der Waals surface area contributed by atoms with Crippen molar-refractivity contribution in [2.24, 2.45) is 5.92 Å². The molecule has 0 aromatic heterocycles. The van der Waals surface area contributed by atoms with Crippen LogP contribution in [0.25, 0.3) is 0 Å². The van der Waals surface area contributed by atoms with Gasteiger partial charge in [-0.25, -0.2) is 4.39 Å². The number of Topliss-reactive ketones (excluding diaryl/α,β-unsaturated/α-hetero) is 1. The van der Waals surface area contributed by atoms with Gasteiger partial charge >= 0.3 is 0 Å². The van der Waals surface area contributed by atoms with E-state index in [0.717, 1.165) is 25.2 Å². The summed E-state index contributed by atoms with van der Waals surface area (Å²) in [4.78, 5) is 13.3. The van der Waals surface area contributed by atoms with Crippen LogP contribution < -0.4 is 4.90 Å². The van der Waals surface area contributed by atoms with Crippen LogP contribution in [0.1, 0.15) is 13.3 Å². The van der Waals surface area contributed by atoms with E-state index in [0.29, 0.717) is 0 Å². The lowest BCUT2D eigenvalue weighted by molar-refractivity contribution is -0.120. The van der Waals surface area contributed by atoms with Crippen molar-refractivity contribution in [2.45, 2.75) is 13.3 Å². The van der Waals surface area contributed by atoms with Gasteiger partial charge in [0.25, 0.3) is 0 Å². The Morgan fingerprint density at radius 3 is 2.93 bits per heavy atom. The summed E-state index contributed by atoms with van der Waals surface area (Å²) in [6.45, 7) is 3.19. The van der Waals surface area contributed by atoms with Crippen LogP contribution in [-0.4, -0.2) is 18.9 Å². The van der Waals surface area contributed by atoms with Gasteiger partial charge in [0.1, 0.15) is 11.6 Å². The van der Waals surface area contributed by atoms with Gasteiger partial charge in [0, 0.05) is 24.7 Å². The first-order valence-electron chi connectivity index (χ1n) is 5.18. The molecule has 1 heterocycles. The molecule has 1 saturated heterocycles. The predicted octanol–water partition coefficient (Wildman–Crippen LogP) is 2.24. The summed E-state index contributed by atoms with van der Waals surface area (Å²) in [6.07, 6.45) is 0.881. The largest absolute Gasteiger partial charge is 0.371 e. The Kier molecular flexibility index (Phi) is 2.71. The second-order valence-electron chi connectivity index (χ2n) is 4.02. The molecular formula is C12H14FNO. The second kappa shape index (κ2) is 4.01. The molecule has 15 heavy (non-hydrogen) atoms. The van der Waals surface area contributed by atoms with Crippen LogP contribution in [0.5, 0.6) is 0 Å². The molecule has 0 spiro atoms. The van der Waals surface area contributed by atoms with Crippen LogP contribution in [0.4, 0.5) is 10.1 Å². The van der Waals surface area contributed by atoms with Crippen molar-refractivity contribution in [3.05, 3.63) is 30.1 Å². The van der Waals surface area contributed by atoms with Gasteiger partial charge in [-0.2, -0.15) is 0 Å². The molecule has 1 aliphatic rings. The number of hydrogen-bond acceptors (Lipinski definition) is 2. The number of hydrogen-bond donors (Lipinski definition) is 0. The van der Waals surface area contributed by atoms with Crippen molar-refractivity contribution in [3.63, 3.8) is 0 Å². The van der Waals surface area contributed by atoms with Gasteiger partial charge in [0.2, 0.25) is 0 Å². The Hall–Kier alpha value is -1.38. The maximum Gasteiger partial charge on any atom is 0.134 e. The molecule has 0 radical (unpaired) electrons. The number of rotatable bonds is 2. The van der Waals surface area contributed by atoms with Crippen LogP contribution >= 0.6 is 0 Å². The van der Waals surface area contributed by atoms with E-state index in [4.69, 9.17) is 0 Å². The highest BCUT2D eigenvalue weighted by molar-refractivity contribution is 5.79. The van der Waals surface area contributed by atoms with Gasteiger partial charge in [-0.3, -0.25) is 4.79 Å². The van der Waals surface area contributed by atoms with Crippen LogP contribution in [0.15, 0.2) is 24.3 Å². The second-order valence-corrected chi connectivity index (χ2v) is 4.02.